The zero-order chi connectivity index (χ0) is 15.5. The van der Waals surface area contributed by atoms with Crippen molar-refractivity contribution < 1.29 is 13.9 Å². The third kappa shape index (κ3) is 8.51. The summed E-state index contributed by atoms with van der Waals surface area (Å²) in [5.41, 5.74) is 0.993. The van der Waals surface area contributed by atoms with Gasteiger partial charge in [-0.15, -0.1) is 0 Å². The van der Waals surface area contributed by atoms with Gasteiger partial charge in [0.05, 0.1) is 13.2 Å². The molecule has 0 bridgehead atoms. The first-order chi connectivity index (χ1) is 10.2. The van der Waals surface area contributed by atoms with E-state index in [-0.39, 0.29) is 5.82 Å². The van der Waals surface area contributed by atoms with E-state index in [1.54, 1.807) is 13.2 Å². The fourth-order valence-electron chi connectivity index (χ4n) is 2.11. The van der Waals surface area contributed by atoms with Crippen LogP contribution < -0.4 is 5.32 Å². The van der Waals surface area contributed by atoms with E-state index in [0.717, 1.165) is 35.8 Å². The number of benzene rings is 1. The van der Waals surface area contributed by atoms with E-state index in [2.05, 4.69) is 28.2 Å². The summed E-state index contributed by atoms with van der Waals surface area (Å²) in [7, 11) is 1.66. The molecule has 21 heavy (non-hydrogen) atoms. The van der Waals surface area contributed by atoms with Gasteiger partial charge < -0.3 is 14.8 Å². The van der Waals surface area contributed by atoms with Crippen LogP contribution in [-0.4, -0.2) is 39.5 Å². The third-order valence-corrected chi connectivity index (χ3v) is 3.59. The van der Waals surface area contributed by atoms with Crippen LogP contribution in [0.25, 0.3) is 0 Å². The van der Waals surface area contributed by atoms with E-state index < -0.39 is 0 Å². The summed E-state index contributed by atoms with van der Waals surface area (Å²) < 4.78 is 24.7. The van der Waals surface area contributed by atoms with Crippen molar-refractivity contribution in [3.8, 4) is 0 Å². The van der Waals surface area contributed by atoms with Gasteiger partial charge >= 0.3 is 0 Å². The number of hydrogen-bond donors (Lipinski definition) is 1. The van der Waals surface area contributed by atoms with Crippen LogP contribution in [0.3, 0.4) is 0 Å². The molecule has 1 unspecified atom stereocenters. The first-order valence-corrected chi connectivity index (χ1v) is 8.20. The Labute approximate surface area is 135 Å². The minimum Gasteiger partial charge on any atom is -0.382 e. The Balaban J connectivity index is 2.47. The molecule has 0 saturated heterocycles. The lowest BCUT2D eigenvalue weighted by Crippen LogP contribution is -2.33. The summed E-state index contributed by atoms with van der Waals surface area (Å²) in [4.78, 5) is 0. The average Bonchev–Trinajstić information content (AvgIpc) is 2.43. The summed E-state index contributed by atoms with van der Waals surface area (Å²) >= 11 is 3.34. The fourth-order valence-corrected chi connectivity index (χ4v) is 2.62. The van der Waals surface area contributed by atoms with Crippen molar-refractivity contribution in [3.05, 3.63) is 34.1 Å². The van der Waals surface area contributed by atoms with Crippen LogP contribution in [-0.2, 0) is 15.9 Å². The van der Waals surface area contributed by atoms with Crippen molar-refractivity contribution in [2.45, 2.75) is 32.2 Å². The summed E-state index contributed by atoms with van der Waals surface area (Å²) in [6.07, 6.45) is 2.77. The van der Waals surface area contributed by atoms with Crippen molar-refractivity contribution in [3.63, 3.8) is 0 Å². The average molecular weight is 362 g/mol. The minimum absolute atomic E-state index is 0.204. The molecule has 0 aliphatic heterocycles. The molecule has 1 rings (SSSR count). The van der Waals surface area contributed by atoms with Gasteiger partial charge in [-0.1, -0.05) is 22.9 Å². The summed E-state index contributed by atoms with van der Waals surface area (Å²) in [6.45, 7) is 5.00. The SMILES string of the molecule is CCCNC(CCOCCOC)Cc1cc(F)cc(Br)c1. The van der Waals surface area contributed by atoms with Crippen molar-refractivity contribution in [1.29, 1.82) is 0 Å². The Kier molecular flexibility index (Phi) is 9.83. The van der Waals surface area contributed by atoms with E-state index in [9.17, 15) is 4.39 Å². The van der Waals surface area contributed by atoms with Gasteiger partial charge in [0.15, 0.2) is 0 Å². The highest BCUT2D eigenvalue weighted by Crippen LogP contribution is 2.17. The second-order valence-electron chi connectivity index (χ2n) is 5.03. The van der Waals surface area contributed by atoms with Crippen LogP contribution in [0, 0.1) is 5.82 Å². The molecule has 0 amide bonds. The highest BCUT2D eigenvalue weighted by molar-refractivity contribution is 9.10. The van der Waals surface area contributed by atoms with Crippen LogP contribution in [0.1, 0.15) is 25.3 Å². The second-order valence-corrected chi connectivity index (χ2v) is 5.94. The fraction of sp³-hybridized carbons (Fsp3) is 0.625. The Morgan fingerprint density at radius 2 is 2.05 bits per heavy atom. The molecule has 0 heterocycles. The van der Waals surface area contributed by atoms with E-state index in [0.29, 0.717) is 25.9 Å². The molecular weight excluding hydrogens is 337 g/mol. The van der Waals surface area contributed by atoms with Gasteiger partial charge in [0.1, 0.15) is 5.82 Å². The normalized spacial score (nSPS) is 12.6. The molecule has 0 saturated carbocycles. The maximum absolute atomic E-state index is 13.4. The summed E-state index contributed by atoms with van der Waals surface area (Å²) in [5.74, 6) is -0.204. The molecule has 0 aliphatic rings. The number of nitrogens with one attached hydrogen (secondary N) is 1. The smallest absolute Gasteiger partial charge is 0.124 e. The van der Waals surface area contributed by atoms with Crippen LogP contribution in [0.2, 0.25) is 0 Å². The molecular formula is C16H25BrFNO2. The number of halogens is 2. The van der Waals surface area contributed by atoms with Crippen LogP contribution >= 0.6 is 15.9 Å². The van der Waals surface area contributed by atoms with E-state index in [4.69, 9.17) is 9.47 Å². The number of hydrogen-bond acceptors (Lipinski definition) is 3. The molecule has 0 spiro atoms. The lowest BCUT2D eigenvalue weighted by atomic mass is 10.0. The van der Waals surface area contributed by atoms with Gasteiger partial charge in [-0.25, -0.2) is 4.39 Å². The molecule has 120 valence electrons. The Morgan fingerprint density at radius 3 is 2.71 bits per heavy atom. The highest BCUT2D eigenvalue weighted by atomic mass is 79.9. The molecule has 3 nitrogen and oxygen atoms in total. The van der Waals surface area contributed by atoms with E-state index in [1.807, 2.05) is 6.07 Å². The number of methoxy groups -OCH3 is 1. The second kappa shape index (κ2) is 11.1. The predicted octanol–water partition coefficient (Wildman–Crippen LogP) is 3.55. The largest absolute Gasteiger partial charge is 0.382 e. The molecule has 1 aromatic carbocycles. The Morgan fingerprint density at radius 1 is 1.24 bits per heavy atom. The molecule has 1 N–H and O–H groups in total. The molecule has 0 aliphatic carbocycles. The van der Waals surface area contributed by atoms with Crippen LogP contribution in [0.4, 0.5) is 4.39 Å². The Hall–Kier alpha value is -0.490. The van der Waals surface area contributed by atoms with Gasteiger partial charge in [0.2, 0.25) is 0 Å². The van der Waals surface area contributed by atoms with Gasteiger partial charge in [0, 0.05) is 24.2 Å². The topological polar surface area (TPSA) is 30.5 Å². The highest BCUT2D eigenvalue weighted by Gasteiger charge is 2.10. The van der Waals surface area contributed by atoms with Gasteiger partial charge in [-0.2, -0.15) is 0 Å². The molecule has 1 aromatic rings. The molecule has 5 heteroatoms. The van der Waals surface area contributed by atoms with Crippen molar-refractivity contribution in [2.75, 3.05) is 33.5 Å². The third-order valence-electron chi connectivity index (χ3n) is 3.13. The Bertz CT molecular complexity index is 384. The summed E-state index contributed by atoms with van der Waals surface area (Å²) in [6, 6.07) is 5.33. The maximum Gasteiger partial charge on any atom is 0.124 e. The first kappa shape index (κ1) is 18.6. The monoisotopic (exact) mass is 361 g/mol. The molecule has 0 radical (unpaired) electrons. The standard InChI is InChI=1S/C16H25BrFNO2/c1-3-5-19-16(4-6-21-8-7-20-2)11-13-9-14(17)12-15(18)10-13/h9-10,12,16,19H,3-8,11H2,1-2H3. The minimum atomic E-state index is -0.204. The molecule has 1 atom stereocenters. The van der Waals surface area contributed by atoms with E-state index >= 15 is 0 Å². The van der Waals surface area contributed by atoms with Crippen LogP contribution in [0.5, 0.6) is 0 Å². The number of rotatable bonds is 11. The molecule has 0 fully saturated rings. The lowest BCUT2D eigenvalue weighted by Gasteiger charge is -2.19. The maximum atomic E-state index is 13.4. The van der Waals surface area contributed by atoms with Crippen molar-refractivity contribution >= 4 is 15.9 Å². The van der Waals surface area contributed by atoms with Crippen molar-refractivity contribution in [2.24, 2.45) is 0 Å². The van der Waals surface area contributed by atoms with Crippen LogP contribution in [0.15, 0.2) is 22.7 Å². The predicted molar refractivity (Wildman–Crippen MR) is 87.2 cm³/mol. The van der Waals surface area contributed by atoms with E-state index in [1.165, 1.54) is 6.07 Å². The van der Waals surface area contributed by atoms with Crippen molar-refractivity contribution in [1.82, 2.24) is 5.32 Å². The van der Waals surface area contributed by atoms with Gasteiger partial charge in [-0.05, 0) is 49.6 Å². The zero-order valence-electron chi connectivity index (χ0n) is 12.8. The lowest BCUT2D eigenvalue weighted by molar-refractivity contribution is 0.0658. The van der Waals surface area contributed by atoms with Gasteiger partial charge in [-0.3, -0.25) is 0 Å². The molecule has 0 aromatic heterocycles. The van der Waals surface area contributed by atoms with Gasteiger partial charge in [0.25, 0.3) is 0 Å². The summed E-state index contributed by atoms with van der Waals surface area (Å²) in [5, 5.41) is 3.50. The quantitative estimate of drug-likeness (QED) is 0.611. The first-order valence-electron chi connectivity index (χ1n) is 7.40. The number of ether oxygens (including phenoxy) is 2. The zero-order valence-corrected chi connectivity index (χ0v) is 14.4.